The second kappa shape index (κ2) is 37.3. The molecule has 14 rings (SSSR count). The minimum Gasteiger partial charge on any atom is -0.479 e. The molecule has 0 aromatic carbocycles. The summed E-state index contributed by atoms with van der Waals surface area (Å²) in [4.78, 5) is 44.2. The van der Waals surface area contributed by atoms with E-state index in [2.05, 4.69) is 40.7 Å². The molecule has 13 fully saturated rings. The molecule has 23 N–H and O–H groups in total. The highest BCUT2D eigenvalue weighted by atomic mass is 16.8. The van der Waals surface area contributed by atoms with Crippen molar-refractivity contribution in [1.82, 2.24) is 0 Å². The molecule has 0 spiro atoms. The van der Waals surface area contributed by atoms with Crippen LogP contribution in [-0.2, 0) is 99.6 Å². The Morgan fingerprint density at radius 3 is 1.46 bits per heavy atom. The molecule has 0 aromatic heterocycles. The second-order valence-corrected chi connectivity index (χ2v) is 38.2. The predicted molar refractivity (Wildman–Crippen MR) is 400 cm³/mol. The molecule has 50 atom stereocenters. The van der Waals surface area contributed by atoms with Crippen LogP contribution in [0.25, 0.3) is 0 Å². The number of hydrogen-bond acceptors (Lipinski definition) is 43. The standard InChI is InChI=1S/C80H126O44/c1-27-40(88)59(119-66-48(96)42(90)32(85)23-108-66)54(102)71(111-27)116-56-28(2)112-73(61(52(56)100)121-68-53(101)57(34(87)25-110-68)117-65-47(95)41(89)31(84)22-107-65)124-74(106)80-17-15-75(3,4)19-30(80)29-9-10-38-76(5)13-12-39(77(6,26-83)37(76)11-14-79(38,8)78(29,7)16-18-80)115-72-55(103)60(120-67-49(97)43(91)33(86)24-109-67)62(63(123-72)64(104)105)122-70-51(99)46(94)58(36(21-82)114-70)118-69-50(98)45(93)44(92)35(20-81)113-69/h9,26-28,30-63,65-73,81-82,84-103H,10-25H2,1-8H3,(H,104,105)/t27-,28-,30-,31-,32-,33-,34-,35-,36-,37-,38-,39-,40-,41+,42+,43+,44-,45+,46-,47-,48-,49-,50-,51-,52+,53-,54-,55-,56-,57+,58-,59+,60-,61-,62+,63+,65+,66+,67+,68+,69+,70+,71+,72-,73+,76+,77-,78-,79-,80-/m0/s1. The summed E-state index contributed by atoms with van der Waals surface area (Å²) in [7, 11) is 0. The molecule has 0 radical (unpaired) electrons. The highest BCUT2D eigenvalue weighted by Gasteiger charge is 2.72. The van der Waals surface area contributed by atoms with Crippen molar-refractivity contribution in [2.24, 2.45) is 50.2 Å². The zero-order chi connectivity index (χ0) is 90.2. The Bertz CT molecular complexity index is 3660. The van der Waals surface area contributed by atoms with Gasteiger partial charge < -0.3 is 208 Å². The number of carbonyl (C=O) groups excluding carboxylic acids is 2. The number of rotatable bonds is 22. The summed E-state index contributed by atoms with van der Waals surface area (Å²) in [6, 6.07) is 0. The Labute approximate surface area is 712 Å². The number of aldehydes is 1. The molecule has 14 aliphatic rings. The van der Waals surface area contributed by atoms with E-state index in [4.69, 9.17) is 85.3 Å². The molecule has 124 heavy (non-hydrogen) atoms. The molecular weight excluding hydrogens is 1660 g/mol. The van der Waals surface area contributed by atoms with Gasteiger partial charge in [0.25, 0.3) is 0 Å². The van der Waals surface area contributed by atoms with Crippen LogP contribution in [0, 0.1) is 50.2 Å². The lowest BCUT2D eigenvalue weighted by atomic mass is 9.33. The first-order valence-electron chi connectivity index (χ1n) is 42.8. The minimum absolute atomic E-state index is 0.0935. The molecule has 4 saturated carbocycles. The highest BCUT2D eigenvalue weighted by molar-refractivity contribution is 5.79. The van der Waals surface area contributed by atoms with Gasteiger partial charge in [-0.2, -0.15) is 0 Å². The van der Waals surface area contributed by atoms with Gasteiger partial charge in [-0.25, -0.2) is 4.79 Å². The van der Waals surface area contributed by atoms with E-state index < -0.39 is 349 Å². The number of esters is 1. The van der Waals surface area contributed by atoms with Crippen molar-refractivity contribution in [2.75, 3.05) is 39.6 Å². The number of ether oxygens (including phenoxy) is 18. The van der Waals surface area contributed by atoms with Gasteiger partial charge in [0.15, 0.2) is 62.5 Å². The number of carboxylic acids is 1. The lowest BCUT2D eigenvalue weighted by Crippen LogP contribution is -2.69. The van der Waals surface area contributed by atoms with Crippen molar-refractivity contribution in [2.45, 2.75) is 378 Å². The molecule has 710 valence electrons. The molecule has 44 nitrogen and oxygen atoms in total. The Balaban J connectivity index is 0.710. The molecule has 5 aliphatic carbocycles. The van der Waals surface area contributed by atoms with Gasteiger partial charge in [0.1, 0.15) is 177 Å². The van der Waals surface area contributed by atoms with Gasteiger partial charge >= 0.3 is 11.9 Å². The second-order valence-electron chi connectivity index (χ2n) is 38.2. The zero-order valence-corrected chi connectivity index (χ0v) is 69.8. The van der Waals surface area contributed by atoms with E-state index in [1.54, 1.807) is 6.92 Å². The SMILES string of the molecule is C[C@@H]1O[C@H](O[C@@H]2[C@@H](O)[C@H](O[C@H]3OC[C@H](O)[C@@H](O[C@H]4OC[C@H](O)[C@@H](O)[C@@H]4O)[C@@H]3O)[C@@H](OC(=O)[C@]34CCC(C)(C)C[C@H]3C3=CC[C@H]5[C@]6(C)CC[C@H](O[C@H]7O[C@@H](C(=O)O)[C@H](O[C@H]8O[C@@H](CO)[C@H](O[C@H]9O[C@@H](CO)[C@H](O)[C@@H](O)[C@@H]9O)[C@@H](O)[C@@H]8O)[C@@H](O[C@H]8OC[C@H](O)[C@@H](O)[C@@H]8O)[C@@H]7O)[C@@](C)(C=O)[C@H]6CC[C@]5(C)[C@@]3(C)CC4)O[C@H]2C)[C@@H](O)[C@H](O[C@H]2OC[C@H](O)[C@@H](O)[C@@H]2O)[C@H]1O. The van der Waals surface area contributed by atoms with Crippen LogP contribution in [0.15, 0.2) is 11.6 Å². The van der Waals surface area contributed by atoms with Gasteiger partial charge in [-0.05, 0) is 117 Å². The topological polar surface area (TPSA) is 683 Å². The third kappa shape index (κ3) is 17.3. The van der Waals surface area contributed by atoms with E-state index in [9.17, 15) is 127 Å². The average molecular weight is 1790 g/mol. The maximum absolute atomic E-state index is 16.2. The van der Waals surface area contributed by atoms with E-state index in [1.165, 1.54) is 13.8 Å². The normalized spacial score (nSPS) is 54.8. The Morgan fingerprint density at radius 1 is 0.411 bits per heavy atom. The maximum atomic E-state index is 16.2. The van der Waals surface area contributed by atoms with Crippen molar-refractivity contribution < 1.29 is 217 Å². The third-order valence-electron chi connectivity index (χ3n) is 30.3. The molecule has 0 aromatic rings. The molecule has 0 unspecified atom stereocenters. The summed E-state index contributed by atoms with van der Waals surface area (Å²) < 4.78 is 108. The van der Waals surface area contributed by atoms with Gasteiger partial charge in [0.05, 0.1) is 68.8 Å². The highest BCUT2D eigenvalue weighted by Crippen LogP contribution is 2.76. The fraction of sp³-hybridized carbons (Fsp3) is 0.938. The number of aliphatic hydroxyl groups excluding tert-OH is 22. The summed E-state index contributed by atoms with van der Waals surface area (Å²) in [5.74, 6) is -3.74. The molecule has 9 heterocycles. The van der Waals surface area contributed by atoms with Crippen LogP contribution in [0.5, 0.6) is 0 Å². The van der Waals surface area contributed by atoms with Crippen LogP contribution >= 0.6 is 0 Å². The first-order valence-corrected chi connectivity index (χ1v) is 42.8. The third-order valence-corrected chi connectivity index (χ3v) is 30.3. The van der Waals surface area contributed by atoms with Crippen LogP contribution in [0.4, 0.5) is 0 Å². The summed E-state index contributed by atoms with van der Waals surface area (Å²) in [5.41, 5.74) is -4.02. The minimum atomic E-state index is -2.31. The fourth-order valence-electron chi connectivity index (χ4n) is 22.6. The van der Waals surface area contributed by atoms with Crippen LogP contribution in [-0.4, -0.2) is 433 Å². The van der Waals surface area contributed by atoms with Crippen LogP contribution in [0.3, 0.4) is 0 Å². The van der Waals surface area contributed by atoms with Gasteiger partial charge in [0, 0.05) is 0 Å². The van der Waals surface area contributed by atoms with E-state index in [-0.39, 0.29) is 24.2 Å². The van der Waals surface area contributed by atoms with Crippen molar-refractivity contribution in [3.05, 3.63) is 11.6 Å². The van der Waals surface area contributed by atoms with Gasteiger partial charge in [0.2, 0.25) is 6.29 Å². The average Bonchev–Trinajstić information content (AvgIpc) is 0.672. The first kappa shape index (κ1) is 96.8. The van der Waals surface area contributed by atoms with Crippen molar-refractivity contribution >= 4 is 18.2 Å². The zero-order valence-electron chi connectivity index (χ0n) is 69.8. The lowest BCUT2D eigenvalue weighted by Gasteiger charge is -2.71. The summed E-state index contributed by atoms with van der Waals surface area (Å²) >= 11 is 0. The smallest absolute Gasteiger partial charge is 0.335 e. The van der Waals surface area contributed by atoms with Gasteiger partial charge in [-0.1, -0.05) is 53.2 Å². The Hall–Kier alpha value is -3.21. The predicted octanol–water partition coefficient (Wildman–Crippen LogP) is -9.03. The van der Waals surface area contributed by atoms with Crippen LogP contribution in [0.1, 0.15) is 120 Å². The van der Waals surface area contributed by atoms with Crippen molar-refractivity contribution in [3.8, 4) is 0 Å². The monoisotopic (exact) mass is 1790 g/mol. The summed E-state index contributed by atoms with van der Waals surface area (Å²) in [6.45, 7) is 11.1. The number of aliphatic hydroxyl groups is 22. The van der Waals surface area contributed by atoms with Crippen LogP contribution < -0.4 is 0 Å². The number of hydrogen-bond donors (Lipinski definition) is 23. The maximum Gasteiger partial charge on any atom is 0.335 e. The molecular formula is C80H126O44. The largest absolute Gasteiger partial charge is 0.479 e. The van der Waals surface area contributed by atoms with Crippen molar-refractivity contribution in [3.63, 3.8) is 0 Å². The summed E-state index contributed by atoms with van der Waals surface area (Å²) in [6.07, 6.45) is -70.5. The van der Waals surface area contributed by atoms with E-state index in [1.807, 2.05) is 0 Å². The molecule has 0 amide bonds. The van der Waals surface area contributed by atoms with Gasteiger partial charge in [-0.3, -0.25) is 4.79 Å². The quantitative estimate of drug-likeness (QED) is 0.0207. The Morgan fingerprint density at radius 2 is 0.879 bits per heavy atom. The Kier molecular flexibility index (Phi) is 29.2. The lowest BCUT2D eigenvalue weighted by molar-refractivity contribution is -0.392. The first-order chi connectivity index (χ1) is 58.3. The molecule has 44 heteroatoms. The van der Waals surface area contributed by atoms with Crippen molar-refractivity contribution in [1.29, 1.82) is 0 Å². The number of carboxylic acid groups (broad SMARTS) is 1. The van der Waals surface area contributed by atoms with E-state index in [0.717, 1.165) is 11.9 Å². The molecule has 9 saturated heterocycles. The van der Waals surface area contributed by atoms with Crippen LogP contribution in [0.2, 0.25) is 0 Å². The number of carbonyl (C=O) groups is 3. The number of allylic oxidation sites excluding steroid dienone is 2. The van der Waals surface area contributed by atoms with Gasteiger partial charge in [-0.15, -0.1) is 0 Å². The molecule has 0 bridgehead atoms. The molecule has 9 aliphatic heterocycles. The number of fused-ring (bicyclic) bond motifs is 7. The van der Waals surface area contributed by atoms with E-state index >= 15 is 4.79 Å². The summed E-state index contributed by atoms with van der Waals surface area (Å²) in [5, 5.41) is 254. The fourth-order valence-corrected chi connectivity index (χ4v) is 22.6. The van der Waals surface area contributed by atoms with E-state index in [0.29, 0.717) is 51.4 Å². The number of aliphatic carboxylic acids is 1.